The lowest BCUT2D eigenvalue weighted by Crippen LogP contribution is -2.16. The largest absolute Gasteiger partial charge is 0.338 e. The van der Waals surface area contributed by atoms with Gasteiger partial charge in [-0.05, 0) is 36.9 Å². The minimum atomic E-state index is 0.662. The van der Waals surface area contributed by atoms with E-state index in [4.69, 9.17) is 4.52 Å². The van der Waals surface area contributed by atoms with Crippen molar-refractivity contribution in [2.45, 2.75) is 25.8 Å². The van der Waals surface area contributed by atoms with E-state index in [1.54, 1.807) is 6.20 Å². The molecule has 0 radical (unpaired) electrons. The van der Waals surface area contributed by atoms with Crippen molar-refractivity contribution >= 4 is 0 Å². The first-order valence-electron chi connectivity index (χ1n) is 6.31. The van der Waals surface area contributed by atoms with E-state index in [2.05, 4.69) is 20.4 Å². The highest BCUT2D eigenvalue weighted by atomic mass is 16.5. The van der Waals surface area contributed by atoms with Gasteiger partial charge in [0.15, 0.2) is 5.82 Å². The lowest BCUT2D eigenvalue weighted by molar-refractivity contribution is 0.362. The van der Waals surface area contributed by atoms with E-state index >= 15 is 0 Å². The van der Waals surface area contributed by atoms with Gasteiger partial charge in [-0.1, -0.05) is 11.2 Å². The molecule has 2 heterocycles. The van der Waals surface area contributed by atoms with Crippen LogP contribution in [0.2, 0.25) is 0 Å². The van der Waals surface area contributed by atoms with Gasteiger partial charge in [-0.3, -0.25) is 4.98 Å². The third-order valence-electron chi connectivity index (χ3n) is 3.00. The summed E-state index contributed by atoms with van der Waals surface area (Å²) in [7, 11) is 0. The van der Waals surface area contributed by atoms with Crippen molar-refractivity contribution < 1.29 is 4.52 Å². The van der Waals surface area contributed by atoms with Crippen LogP contribution in [0.3, 0.4) is 0 Å². The molecule has 1 aliphatic carbocycles. The van der Waals surface area contributed by atoms with Crippen molar-refractivity contribution in [2.75, 3.05) is 6.54 Å². The first-order valence-corrected chi connectivity index (χ1v) is 6.31. The molecule has 5 heteroatoms. The van der Waals surface area contributed by atoms with Gasteiger partial charge in [-0.2, -0.15) is 4.98 Å². The van der Waals surface area contributed by atoms with Crippen molar-refractivity contribution in [1.29, 1.82) is 0 Å². The topological polar surface area (TPSA) is 63.8 Å². The SMILES string of the molecule is c1cncc(Cc2noc(CNCC3CC3)n2)c1. The molecule has 1 aliphatic rings. The van der Waals surface area contributed by atoms with Crippen LogP contribution in [0.25, 0.3) is 0 Å². The second-order valence-electron chi connectivity index (χ2n) is 4.72. The Morgan fingerprint density at radius 3 is 3.11 bits per heavy atom. The molecular weight excluding hydrogens is 228 g/mol. The van der Waals surface area contributed by atoms with Gasteiger partial charge in [0, 0.05) is 18.8 Å². The Kier molecular flexibility index (Phi) is 3.32. The van der Waals surface area contributed by atoms with Crippen molar-refractivity contribution in [3.8, 4) is 0 Å². The lowest BCUT2D eigenvalue weighted by atomic mass is 10.2. The third kappa shape index (κ3) is 3.13. The Labute approximate surface area is 106 Å². The van der Waals surface area contributed by atoms with Crippen molar-refractivity contribution in [2.24, 2.45) is 5.92 Å². The highest BCUT2D eigenvalue weighted by molar-refractivity contribution is 5.13. The van der Waals surface area contributed by atoms with E-state index in [9.17, 15) is 0 Å². The Balaban J connectivity index is 1.52. The number of rotatable bonds is 6. The van der Waals surface area contributed by atoms with E-state index in [-0.39, 0.29) is 0 Å². The molecule has 1 saturated carbocycles. The number of pyridine rings is 1. The summed E-state index contributed by atoms with van der Waals surface area (Å²) in [5, 5.41) is 7.30. The van der Waals surface area contributed by atoms with Crippen LogP contribution in [-0.2, 0) is 13.0 Å². The molecule has 0 spiro atoms. The van der Waals surface area contributed by atoms with Gasteiger partial charge >= 0.3 is 0 Å². The maximum atomic E-state index is 5.20. The molecule has 1 fully saturated rings. The Morgan fingerprint density at radius 1 is 1.39 bits per heavy atom. The van der Waals surface area contributed by atoms with Crippen LogP contribution in [0, 0.1) is 5.92 Å². The lowest BCUT2D eigenvalue weighted by Gasteiger charge is -1.97. The smallest absolute Gasteiger partial charge is 0.240 e. The molecular formula is C13H16N4O. The molecule has 2 aromatic heterocycles. The molecule has 94 valence electrons. The fourth-order valence-electron chi connectivity index (χ4n) is 1.82. The highest BCUT2D eigenvalue weighted by Crippen LogP contribution is 2.27. The monoisotopic (exact) mass is 244 g/mol. The molecule has 2 aromatic rings. The average Bonchev–Trinajstić information content (AvgIpc) is 3.11. The second-order valence-corrected chi connectivity index (χ2v) is 4.72. The fraction of sp³-hybridized carbons (Fsp3) is 0.462. The van der Waals surface area contributed by atoms with Gasteiger partial charge < -0.3 is 9.84 Å². The summed E-state index contributed by atoms with van der Waals surface area (Å²) < 4.78 is 5.20. The van der Waals surface area contributed by atoms with Gasteiger partial charge in [-0.25, -0.2) is 0 Å². The Bertz CT molecular complexity index is 493. The molecule has 0 aliphatic heterocycles. The van der Waals surface area contributed by atoms with Crippen molar-refractivity contribution in [3.05, 3.63) is 41.8 Å². The average molecular weight is 244 g/mol. The number of nitrogens with zero attached hydrogens (tertiary/aromatic N) is 3. The normalized spacial score (nSPS) is 14.9. The summed E-state index contributed by atoms with van der Waals surface area (Å²) in [4.78, 5) is 8.42. The molecule has 3 rings (SSSR count). The van der Waals surface area contributed by atoms with E-state index in [1.165, 1.54) is 12.8 Å². The van der Waals surface area contributed by atoms with Gasteiger partial charge in [0.2, 0.25) is 5.89 Å². The number of nitrogens with one attached hydrogen (secondary N) is 1. The maximum Gasteiger partial charge on any atom is 0.240 e. The molecule has 5 nitrogen and oxygen atoms in total. The van der Waals surface area contributed by atoms with Crippen molar-refractivity contribution in [1.82, 2.24) is 20.4 Å². The molecule has 0 atom stereocenters. The van der Waals surface area contributed by atoms with Crippen LogP contribution in [0.4, 0.5) is 0 Å². The first kappa shape index (κ1) is 11.3. The predicted octanol–water partition coefficient (Wildman–Crippen LogP) is 1.56. The molecule has 0 amide bonds. The summed E-state index contributed by atoms with van der Waals surface area (Å²) in [6, 6.07) is 3.92. The van der Waals surface area contributed by atoms with Crippen LogP contribution in [0.5, 0.6) is 0 Å². The minimum Gasteiger partial charge on any atom is -0.338 e. The zero-order chi connectivity index (χ0) is 12.2. The van der Waals surface area contributed by atoms with Crippen LogP contribution >= 0.6 is 0 Å². The highest BCUT2D eigenvalue weighted by Gasteiger charge is 2.20. The number of hydrogen-bond acceptors (Lipinski definition) is 5. The minimum absolute atomic E-state index is 0.662. The molecule has 0 bridgehead atoms. The Hall–Kier alpha value is -1.75. The molecule has 0 unspecified atom stereocenters. The predicted molar refractivity (Wildman–Crippen MR) is 65.8 cm³/mol. The van der Waals surface area contributed by atoms with E-state index in [0.717, 1.165) is 18.0 Å². The number of hydrogen-bond donors (Lipinski definition) is 1. The zero-order valence-corrected chi connectivity index (χ0v) is 10.2. The van der Waals surface area contributed by atoms with E-state index in [1.807, 2.05) is 18.3 Å². The summed E-state index contributed by atoms with van der Waals surface area (Å²) in [5.41, 5.74) is 1.09. The van der Waals surface area contributed by atoms with Crippen LogP contribution in [0.1, 0.15) is 30.1 Å². The second kappa shape index (κ2) is 5.27. The van der Waals surface area contributed by atoms with E-state index < -0.39 is 0 Å². The summed E-state index contributed by atoms with van der Waals surface area (Å²) >= 11 is 0. The fourth-order valence-corrected chi connectivity index (χ4v) is 1.82. The van der Waals surface area contributed by atoms with Crippen LogP contribution in [-0.4, -0.2) is 21.7 Å². The standard InChI is InChI=1S/C13H16N4O/c1-2-11(8-14-5-1)6-12-16-13(18-17-12)9-15-7-10-3-4-10/h1-2,5,8,10,15H,3-4,6-7,9H2. The first-order chi connectivity index (χ1) is 8.90. The Morgan fingerprint density at radius 2 is 2.33 bits per heavy atom. The van der Waals surface area contributed by atoms with Gasteiger partial charge in [0.1, 0.15) is 0 Å². The molecule has 0 saturated heterocycles. The van der Waals surface area contributed by atoms with Crippen LogP contribution in [0.15, 0.2) is 29.0 Å². The summed E-state index contributed by atoms with van der Waals surface area (Å²) in [5.74, 6) is 2.24. The van der Waals surface area contributed by atoms with Gasteiger partial charge in [0.25, 0.3) is 0 Å². The van der Waals surface area contributed by atoms with E-state index in [0.29, 0.717) is 24.7 Å². The summed E-state index contributed by atoms with van der Waals surface area (Å²) in [6.45, 7) is 1.72. The molecule has 1 N–H and O–H groups in total. The van der Waals surface area contributed by atoms with Gasteiger partial charge in [-0.15, -0.1) is 0 Å². The van der Waals surface area contributed by atoms with Gasteiger partial charge in [0.05, 0.1) is 6.54 Å². The zero-order valence-electron chi connectivity index (χ0n) is 10.2. The van der Waals surface area contributed by atoms with Crippen molar-refractivity contribution in [3.63, 3.8) is 0 Å². The summed E-state index contributed by atoms with van der Waals surface area (Å²) in [6.07, 6.45) is 6.94. The molecule has 0 aromatic carbocycles. The number of aromatic nitrogens is 3. The quantitative estimate of drug-likeness (QED) is 0.835. The third-order valence-corrected chi connectivity index (χ3v) is 3.00. The molecule has 18 heavy (non-hydrogen) atoms. The van der Waals surface area contributed by atoms with Crippen LogP contribution < -0.4 is 5.32 Å². The maximum absolute atomic E-state index is 5.20.